The molecule has 0 bridgehead atoms. The number of nitrogens with zero attached hydrogens (tertiary/aromatic N) is 1. The Labute approximate surface area is 87.0 Å². The van der Waals surface area contributed by atoms with Gasteiger partial charge in [-0.05, 0) is 12.1 Å². The van der Waals surface area contributed by atoms with Crippen LogP contribution in [0.4, 0.5) is 0 Å². The molecule has 5 nitrogen and oxygen atoms in total. The molecule has 0 aliphatic carbocycles. The molecule has 2 rings (SSSR count). The van der Waals surface area contributed by atoms with E-state index < -0.39 is 0 Å². The maximum absolute atomic E-state index is 7.60. The molecule has 1 aliphatic heterocycles. The van der Waals surface area contributed by atoms with Crippen LogP contribution < -0.4 is 15.2 Å². The first-order valence-electron chi connectivity index (χ1n) is 4.37. The lowest BCUT2D eigenvalue weighted by molar-refractivity contribution is 0.355. The van der Waals surface area contributed by atoms with Crippen molar-refractivity contribution >= 4 is 11.7 Å². The van der Waals surface area contributed by atoms with Gasteiger partial charge >= 0.3 is 0 Å². The van der Waals surface area contributed by atoms with E-state index >= 15 is 0 Å². The molecule has 3 N–H and O–H groups in total. The van der Waals surface area contributed by atoms with E-state index in [2.05, 4.69) is 4.99 Å². The van der Waals surface area contributed by atoms with Gasteiger partial charge in [-0.25, -0.2) is 4.99 Å². The highest BCUT2D eigenvalue weighted by atomic mass is 16.5. The summed E-state index contributed by atoms with van der Waals surface area (Å²) in [5, 5.41) is 7.60. The summed E-state index contributed by atoms with van der Waals surface area (Å²) in [4.78, 5) is 3.87. The van der Waals surface area contributed by atoms with Crippen molar-refractivity contribution in [1.82, 2.24) is 0 Å². The Morgan fingerprint density at radius 3 is 2.20 bits per heavy atom. The van der Waals surface area contributed by atoms with Gasteiger partial charge in [0.05, 0.1) is 14.2 Å². The van der Waals surface area contributed by atoms with Gasteiger partial charge in [-0.2, -0.15) is 0 Å². The number of nitrogens with two attached hydrogens (primary N) is 1. The molecule has 1 aliphatic rings. The maximum Gasteiger partial charge on any atom is 0.161 e. The van der Waals surface area contributed by atoms with Gasteiger partial charge in [0.25, 0.3) is 0 Å². The summed E-state index contributed by atoms with van der Waals surface area (Å²) >= 11 is 0. The normalized spacial score (nSPS) is 13.5. The van der Waals surface area contributed by atoms with E-state index in [1.807, 2.05) is 0 Å². The first-order chi connectivity index (χ1) is 7.17. The Morgan fingerprint density at radius 2 is 1.67 bits per heavy atom. The molecule has 0 aromatic heterocycles. The molecule has 0 atom stereocenters. The standard InChI is InChI=1S/C10H11N3O2/c1-14-7-3-5-6(4-8(7)15-2)10(12)13-9(5)11/h3-4H,1-2H3,(H3,11,12,13). The first-order valence-corrected chi connectivity index (χ1v) is 4.37. The minimum atomic E-state index is 0.156. The zero-order valence-electron chi connectivity index (χ0n) is 8.50. The fourth-order valence-electron chi connectivity index (χ4n) is 1.53. The van der Waals surface area contributed by atoms with Crippen molar-refractivity contribution in [3.8, 4) is 11.5 Å². The van der Waals surface area contributed by atoms with E-state index in [0.29, 0.717) is 22.9 Å². The Morgan fingerprint density at radius 1 is 1.13 bits per heavy atom. The van der Waals surface area contributed by atoms with Crippen molar-refractivity contribution in [2.45, 2.75) is 0 Å². The second kappa shape index (κ2) is 3.27. The Balaban J connectivity index is 2.63. The predicted molar refractivity (Wildman–Crippen MR) is 57.1 cm³/mol. The predicted octanol–water partition coefficient (Wildman–Crippen LogP) is 0.748. The lowest BCUT2D eigenvalue weighted by Gasteiger charge is -2.09. The van der Waals surface area contributed by atoms with Crippen LogP contribution in [0.2, 0.25) is 0 Å². The third-order valence-electron chi connectivity index (χ3n) is 2.29. The minimum Gasteiger partial charge on any atom is -0.493 e. The molecule has 0 radical (unpaired) electrons. The quantitative estimate of drug-likeness (QED) is 0.747. The number of nitrogens with one attached hydrogen (secondary N) is 1. The molecule has 1 aromatic carbocycles. The van der Waals surface area contributed by atoms with Crippen molar-refractivity contribution in [1.29, 1.82) is 5.41 Å². The van der Waals surface area contributed by atoms with Gasteiger partial charge in [-0.1, -0.05) is 0 Å². The van der Waals surface area contributed by atoms with Crippen LogP contribution in [0.1, 0.15) is 11.1 Å². The lowest BCUT2D eigenvalue weighted by atomic mass is 10.1. The van der Waals surface area contributed by atoms with Crippen molar-refractivity contribution in [3.05, 3.63) is 23.3 Å². The molecule has 5 heteroatoms. The number of aliphatic imine (C=N–C) groups is 1. The topological polar surface area (TPSA) is 80.7 Å². The van der Waals surface area contributed by atoms with Crippen LogP contribution >= 0.6 is 0 Å². The molecule has 1 heterocycles. The van der Waals surface area contributed by atoms with Gasteiger partial charge in [-0.15, -0.1) is 0 Å². The van der Waals surface area contributed by atoms with Crippen LogP contribution in [0.15, 0.2) is 17.1 Å². The maximum atomic E-state index is 7.60. The van der Waals surface area contributed by atoms with Gasteiger partial charge in [0.2, 0.25) is 0 Å². The van der Waals surface area contributed by atoms with E-state index in [0.717, 1.165) is 5.56 Å². The molecular formula is C10H11N3O2. The fourth-order valence-corrected chi connectivity index (χ4v) is 1.53. The summed E-state index contributed by atoms with van der Waals surface area (Å²) in [5.74, 6) is 1.66. The third kappa shape index (κ3) is 1.32. The molecule has 78 valence electrons. The average molecular weight is 205 g/mol. The highest BCUT2D eigenvalue weighted by Crippen LogP contribution is 2.32. The van der Waals surface area contributed by atoms with Gasteiger partial charge in [0.1, 0.15) is 5.84 Å². The van der Waals surface area contributed by atoms with Crippen LogP contribution in [0.5, 0.6) is 11.5 Å². The number of fused-ring (bicyclic) bond motifs is 1. The number of rotatable bonds is 2. The van der Waals surface area contributed by atoms with Crippen LogP contribution in [0.25, 0.3) is 0 Å². The number of hydrogen-bond donors (Lipinski definition) is 2. The lowest BCUT2D eigenvalue weighted by Crippen LogP contribution is -2.10. The number of amidine groups is 2. The van der Waals surface area contributed by atoms with E-state index in [-0.39, 0.29) is 5.84 Å². The number of methoxy groups -OCH3 is 2. The first kappa shape index (κ1) is 9.51. The van der Waals surface area contributed by atoms with Crippen LogP contribution in [0.3, 0.4) is 0 Å². The van der Waals surface area contributed by atoms with Crippen molar-refractivity contribution in [2.24, 2.45) is 10.7 Å². The van der Waals surface area contributed by atoms with E-state index in [9.17, 15) is 0 Å². The summed E-state index contributed by atoms with van der Waals surface area (Å²) in [6.07, 6.45) is 0. The molecule has 0 amide bonds. The van der Waals surface area contributed by atoms with E-state index in [1.54, 1.807) is 26.4 Å². The Bertz CT molecular complexity index is 466. The largest absolute Gasteiger partial charge is 0.493 e. The molecule has 0 saturated heterocycles. The fraction of sp³-hybridized carbons (Fsp3) is 0.200. The van der Waals surface area contributed by atoms with Crippen molar-refractivity contribution in [3.63, 3.8) is 0 Å². The molecule has 1 aromatic rings. The highest BCUT2D eigenvalue weighted by molar-refractivity contribution is 6.21. The number of hydrogen-bond acceptors (Lipinski definition) is 4. The second-order valence-electron chi connectivity index (χ2n) is 3.10. The van der Waals surface area contributed by atoms with Crippen LogP contribution in [-0.4, -0.2) is 25.9 Å². The van der Waals surface area contributed by atoms with Gasteiger partial charge in [0, 0.05) is 11.1 Å². The van der Waals surface area contributed by atoms with E-state index in [4.69, 9.17) is 20.6 Å². The zero-order chi connectivity index (χ0) is 11.0. The van der Waals surface area contributed by atoms with Crippen molar-refractivity contribution < 1.29 is 9.47 Å². The monoisotopic (exact) mass is 205 g/mol. The highest BCUT2D eigenvalue weighted by Gasteiger charge is 2.21. The second-order valence-corrected chi connectivity index (χ2v) is 3.10. The Kier molecular flexibility index (Phi) is 2.07. The Hall–Kier alpha value is -2.04. The van der Waals surface area contributed by atoms with E-state index in [1.165, 1.54) is 0 Å². The smallest absolute Gasteiger partial charge is 0.161 e. The van der Waals surface area contributed by atoms with Gasteiger partial charge in [0.15, 0.2) is 17.3 Å². The summed E-state index contributed by atoms with van der Waals surface area (Å²) in [7, 11) is 3.10. The summed E-state index contributed by atoms with van der Waals surface area (Å²) in [6.45, 7) is 0. The minimum absolute atomic E-state index is 0.156. The van der Waals surface area contributed by atoms with Gasteiger partial charge in [-0.3, -0.25) is 5.41 Å². The van der Waals surface area contributed by atoms with Crippen molar-refractivity contribution in [2.75, 3.05) is 14.2 Å². The van der Waals surface area contributed by atoms with Crippen LogP contribution in [-0.2, 0) is 0 Å². The summed E-state index contributed by atoms with van der Waals surface area (Å²) in [6, 6.07) is 3.44. The molecule has 0 fully saturated rings. The summed E-state index contributed by atoms with van der Waals surface area (Å²) < 4.78 is 10.3. The zero-order valence-corrected chi connectivity index (χ0v) is 8.50. The molecule has 0 unspecified atom stereocenters. The molecular weight excluding hydrogens is 194 g/mol. The molecule has 15 heavy (non-hydrogen) atoms. The average Bonchev–Trinajstić information content (AvgIpc) is 2.52. The number of ether oxygens (including phenoxy) is 2. The van der Waals surface area contributed by atoms with Crippen LogP contribution in [0, 0.1) is 5.41 Å². The molecule has 0 saturated carbocycles. The molecule has 0 spiro atoms. The third-order valence-corrected chi connectivity index (χ3v) is 2.29. The summed E-state index contributed by atoms with van der Waals surface area (Å²) in [5.41, 5.74) is 7.06. The SMILES string of the molecule is COc1cc2c(cc1OC)C(N)=NC2=N. The van der Waals surface area contributed by atoms with Gasteiger partial charge < -0.3 is 15.2 Å². The number of benzene rings is 1.